The molecular formula is C29H25N7O. The molecule has 0 saturated heterocycles. The van der Waals surface area contributed by atoms with Crippen molar-refractivity contribution >= 4 is 11.7 Å². The molecule has 0 aliphatic carbocycles. The van der Waals surface area contributed by atoms with E-state index < -0.39 is 0 Å². The average molecular weight is 488 g/mol. The van der Waals surface area contributed by atoms with Crippen LogP contribution in [0.2, 0.25) is 0 Å². The molecule has 1 aliphatic heterocycles. The number of pyridine rings is 1. The van der Waals surface area contributed by atoms with Gasteiger partial charge in [-0.2, -0.15) is 0 Å². The Morgan fingerprint density at radius 2 is 1.73 bits per heavy atom. The molecule has 1 amide bonds. The standard InChI is InChI=1S/C29H25N7O/c1-19(2)23-7-3-4-8-24(23)28-31-16-21-15-27(37)35(29(21)32-28)17-20-10-12-22(13-11-20)36-18-26(33-34-36)25-9-5-6-14-30-25/h3-14,16,18-19H,15,17H2,1-2H3. The molecule has 3 aromatic heterocycles. The number of aromatic nitrogens is 6. The number of hydrogen-bond donors (Lipinski definition) is 0. The summed E-state index contributed by atoms with van der Waals surface area (Å²) in [5.74, 6) is 1.70. The Bertz CT molecular complexity index is 1580. The average Bonchev–Trinajstić information content (AvgIpc) is 3.54. The zero-order valence-corrected chi connectivity index (χ0v) is 20.6. The molecule has 0 N–H and O–H groups in total. The van der Waals surface area contributed by atoms with E-state index in [9.17, 15) is 4.79 Å². The molecule has 2 aromatic carbocycles. The number of anilines is 1. The van der Waals surface area contributed by atoms with Crippen molar-refractivity contribution in [1.82, 2.24) is 29.9 Å². The Balaban J connectivity index is 1.24. The van der Waals surface area contributed by atoms with E-state index in [1.54, 1.807) is 22.0 Å². The van der Waals surface area contributed by atoms with Gasteiger partial charge in [-0.15, -0.1) is 5.10 Å². The van der Waals surface area contributed by atoms with Crippen LogP contribution in [0.15, 0.2) is 85.3 Å². The van der Waals surface area contributed by atoms with Gasteiger partial charge in [0.25, 0.3) is 0 Å². The Labute approximate surface area is 214 Å². The molecule has 6 rings (SSSR count). The third-order valence-electron chi connectivity index (χ3n) is 6.53. The van der Waals surface area contributed by atoms with E-state index in [0.717, 1.165) is 28.1 Å². The molecule has 0 radical (unpaired) electrons. The lowest BCUT2D eigenvalue weighted by molar-refractivity contribution is -0.117. The smallest absolute Gasteiger partial charge is 0.233 e. The second-order valence-electron chi connectivity index (χ2n) is 9.37. The predicted molar refractivity (Wildman–Crippen MR) is 141 cm³/mol. The van der Waals surface area contributed by atoms with Crippen molar-refractivity contribution in [3.63, 3.8) is 0 Å². The van der Waals surface area contributed by atoms with Gasteiger partial charge in [-0.25, -0.2) is 14.6 Å². The van der Waals surface area contributed by atoms with Crippen molar-refractivity contribution in [3.8, 4) is 28.5 Å². The van der Waals surface area contributed by atoms with Crippen molar-refractivity contribution in [2.75, 3.05) is 4.90 Å². The Hall–Kier alpha value is -4.72. The van der Waals surface area contributed by atoms with Crippen molar-refractivity contribution in [3.05, 3.63) is 102 Å². The highest BCUT2D eigenvalue weighted by atomic mass is 16.2. The minimum atomic E-state index is 0.0268. The van der Waals surface area contributed by atoms with Gasteiger partial charge >= 0.3 is 0 Å². The lowest BCUT2D eigenvalue weighted by Crippen LogP contribution is -2.26. The first kappa shape index (κ1) is 22.7. The van der Waals surface area contributed by atoms with Gasteiger partial charge < -0.3 is 0 Å². The van der Waals surface area contributed by atoms with Crippen molar-refractivity contribution in [1.29, 1.82) is 0 Å². The molecule has 0 unspecified atom stereocenters. The number of benzene rings is 2. The SMILES string of the molecule is CC(C)c1ccccc1-c1ncc2c(n1)N(Cc1ccc(-n3cc(-c4ccccn4)nn3)cc1)C(=O)C2. The molecule has 4 heterocycles. The maximum absolute atomic E-state index is 12.9. The summed E-state index contributed by atoms with van der Waals surface area (Å²) >= 11 is 0. The number of nitrogens with zero attached hydrogens (tertiary/aromatic N) is 7. The fraction of sp³-hybridized carbons (Fsp3) is 0.172. The summed E-state index contributed by atoms with van der Waals surface area (Å²) in [6, 6.07) is 21.8. The summed E-state index contributed by atoms with van der Waals surface area (Å²) in [7, 11) is 0. The fourth-order valence-electron chi connectivity index (χ4n) is 4.59. The van der Waals surface area contributed by atoms with Crippen LogP contribution in [-0.2, 0) is 17.8 Å². The maximum atomic E-state index is 12.9. The van der Waals surface area contributed by atoms with Crippen LogP contribution in [0.4, 0.5) is 5.82 Å². The summed E-state index contributed by atoms with van der Waals surface area (Å²) in [5, 5.41) is 8.48. The monoisotopic (exact) mass is 487 g/mol. The molecule has 182 valence electrons. The van der Waals surface area contributed by atoms with Gasteiger partial charge in [-0.05, 0) is 41.3 Å². The zero-order chi connectivity index (χ0) is 25.4. The molecule has 8 nitrogen and oxygen atoms in total. The van der Waals surface area contributed by atoms with Crippen LogP contribution < -0.4 is 4.90 Å². The summed E-state index contributed by atoms with van der Waals surface area (Å²) in [6.07, 6.45) is 5.69. The van der Waals surface area contributed by atoms with Gasteiger partial charge in [0.15, 0.2) is 5.82 Å². The molecule has 0 bridgehead atoms. The number of hydrogen-bond acceptors (Lipinski definition) is 6. The Morgan fingerprint density at radius 3 is 2.51 bits per heavy atom. The second kappa shape index (κ2) is 9.39. The summed E-state index contributed by atoms with van der Waals surface area (Å²) in [6.45, 7) is 4.75. The van der Waals surface area contributed by atoms with E-state index in [1.807, 2.05) is 66.9 Å². The van der Waals surface area contributed by atoms with E-state index >= 15 is 0 Å². The van der Waals surface area contributed by atoms with E-state index in [4.69, 9.17) is 4.98 Å². The van der Waals surface area contributed by atoms with Crippen LogP contribution in [0.5, 0.6) is 0 Å². The van der Waals surface area contributed by atoms with Crippen LogP contribution in [0.3, 0.4) is 0 Å². The summed E-state index contributed by atoms with van der Waals surface area (Å²) in [5.41, 5.74) is 6.40. The van der Waals surface area contributed by atoms with Crippen LogP contribution in [-0.4, -0.2) is 35.9 Å². The topological polar surface area (TPSA) is 89.7 Å². The molecule has 5 aromatic rings. The van der Waals surface area contributed by atoms with Gasteiger partial charge in [0.05, 0.1) is 30.5 Å². The number of carbonyl (C=O) groups excluding carboxylic acids is 1. The molecule has 1 aliphatic rings. The van der Waals surface area contributed by atoms with Gasteiger partial charge in [-0.3, -0.25) is 14.7 Å². The third kappa shape index (κ3) is 4.38. The first-order valence-corrected chi connectivity index (χ1v) is 12.3. The quantitative estimate of drug-likeness (QED) is 0.335. The largest absolute Gasteiger partial charge is 0.292 e. The highest BCUT2D eigenvalue weighted by Gasteiger charge is 2.30. The number of amides is 1. The molecular weight excluding hydrogens is 462 g/mol. The Morgan fingerprint density at radius 1 is 0.919 bits per heavy atom. The maximum Gasteiger partial charge on any atom is 0.233 e. The molecule has 8 heteroatoms. The van der Waals surface area contributed by atoms with Crippen LogP contribution >= 0.6 is 0 Å². The fourth-order valence-corrected chi connectivity index (χ4v) is 4.59. The molecule has 0 spiro atoms. The van der Waals surface area contributed by atoms with E-state index in [0.29, 0.717) is 36.2 Å². The van der Waals surface area contributed by atoms with Gasteiger partial charge in [0.2, 0.25) is 5.91 Å². The summed E-state index contributed by atoms with van der Waals surface area (Å²) in [4.78, 5) is 28.4. The van der Waals surface area contributed by atoms with Crippen LogP contribution in [0.25, 0.3) is 28.5 Å². The van der Waals surface area contributed by atoms with Crippen molar-refractivity contribution in [2.24, 2.45) is 0 Å². The number of rotatable bonds is 6. The van der Waals surface area contributed by atoms with Crippen LogP contribution in [0, 0.1) is 0 Å². The minimum absolute atomic E-state index is 0.0268. The van der Waals surface area contributed by atoms with Crippen molar-refractivity contribution < 1.29 is 4.79 Å². The third-order valence-corrected chi connectivity index (χ3v) is 6.53. The predicted octanol–water partition coefficient (Wildman–Crippen LogP) is 5.00. The minimum Gasteiger partial charge on any atom is -0.292 e. The van der Waals surface area contributed by atoms with E-state index in [2.05, 4.69) is 40.2 Å². The number of carbonyl (C=O) groups is 1. The van der Waals surface area contributed by atoms with Gasteiger partial charge in [-0.1, -0.05) is 61.5 Å². The van der Waals surface area contributed by atoms with Gasteiger partial charge in [0, 0.05) is 23.5 Å². The first-order valence-electron chi connectivity index (χ1n) is 12.3. The molecule has 37 heavy (non-hydrogen) atoms. The lowest BCUT2D eigenvalue weighted by Gasteiger charge is -2.18. The van der Waals surface area contributed by atoms with Gasteiger partial charge in [0.1, 0.15) is 11.5 Å². The van der Waals surface area contributed by atoms with E-state index in [1.165, 1.54) is 5.56 Å². The zero-order valence-electron chi connectivity index (χ0n) is 20.6. The molecule has 0 saturated carbocycles. The number of fused-ring (bicyclic) bond motifs is 1. The first-order chi connectivity index (χ1) is 18.1. The normalized spacial score (nSPS) is 12.8. The highest BCUT2D eigenvalue weighted by Crippen LogP contribution is 2.32. The van der Waals surface area contributed by atoms with E-state index in [-0.39, 0.29) is 5.91 Å². The molecule has 0 atom stereocenters. The second-order valence-corrected chi connectivity index (χ2v) is 9.37. The summed E-state index contributed by atoms with van der Waals surface area (Å²) < 4.78 is 1.72. The highest BCUT2D eigenvalue weighted by molar-refractivity contribution is 6.00. The van der Waals surface area contributed by atoms with Crippen molar-refractivity contribution in [2.45, 2.75) is 32.7 Å². The van der Waals surface area contributed by atoms with Crippen LogP contribution in [0.1, 0.15) is 36.5 Å². The Kier molecular flexibility index (Phi) is 5.76. The molecule has 0 fully saturated rings. The lowest BCUT2D eigenvalue weighted by atomic mass is 9.97.